The Kier molecular flexibility index (Phi) is 2.63. The van der Waals surface area contributed by atoms with Crippen LogP contribution in [0.25, 0.3) is 0 Å². The first-order valence-electron chi connectivity index (χ1n) is 5.67. The molecule has 0 unspecified atom stereocenters. The van der Waals surface area contributed by atoms with E-state index in [1.165, 1.54) is 12.1 Å². The van der Waals surface area contributed by atoms with E-state index >= 15 is 0 Å². The van der Waals surface area contributed by atoms with Crippen LogP contribution in [0.3, 0.4) is 0 Å². The number of aryl methyl sites for hydroxylation is 1. The van der Waals surface area contributed by atoms with Gasteiger partial charge in [0.2, 0.25) is 0 Å². The molecular weight excluding hydrogens is 249 g/mol. The van der Waals surface area contributed by atoms with Crippen LogP contribution in [0.1, 0.15) is 21.0 Å². The molecule has 5 heteroatoms. The summed E-state index contributed by atoms with van der Waals surface area (Å²) in [5, 5.41) is 9.11. The lowest BCUT2D eigenvalue weighted by molar-refractivity contribution is 0.426. The molecule has 1 aromatic heterocycles. The molecule has 1 N–H and O–H groups in total. The standard InChI is InChI=1S/C13H12FN3S/c1-8-16-5-11(18-8)7-17-6-9-2-3-10(14)4-12(9)13(17)15/h2-5,15H,6-7H2,1H3. The van der Waals surface area contributed by atoms with Gasteiger partial charge in [0, 0.05) is 23.2 Å². The minimum Gasteiger partial charge on any atom is -0.347 e. The molecule has 0 atom stereocenters. The van der Waals surface area contributed by atoms with Gasteiger partial charge in [0.05, 0.1) is 11.6 Å². The van der Waals surface area contributed by atoms with E-state index in [0.29, 0.717) is 24.5 Å². The maximum absolute atomic E-state index is 13.2. The molecule has 2 heterocycles. The second kappa shape index (κ2) is 4.17. The van der Waals surface area contributed by atoms with Gasteiger partial charge in [0.25, 0.3) is 0 Å². The van der Waals surface area contributed by atoms with E-state index in [1.807, 2.05) is 18.0 Å². The fraction of sp³-hybridized carbons (Fsp3) is 0.231. The van der Waals surface area contributed by atoms with Gasteiger partial charge in [0.15, 0.2) is 0 Å². The third-order valence-corrected chi connectivity index (χ3v) is 3.92. The number of nitrogens with zero attached hydrogens (tertiary/aromatic N) is 2. The Bertz CT molecular complexity index is 620. The average molecular weight is 261 g/mol. The van der Waals surface area contributed by atoms with Gasteiger partial charge in [0.1, 0.15) is 11.7 Å². The number of fused-ring (bicyclic) bond motifs is 1. The molecule has 18 heavy (non-hydrogen) atoms. The highest BCUT2D eigenvalue weighted by Gasteiger charge is 2.24. The lowest BCUT2D eigenvalue weighted by atomic mass is 10.1. The second-order valence-electron chi connectivity index (χ2n) is 4.35. The molecule has 1 aromatic carbocycles. The summed E-state index contributed by atoms with van der Waals surface area (Å²) in [5.41, 5.74) is 1.72. The van der Waals surface area contributed by atoms with Gasteiger partial charge in [-0.3, -0.25) is 5.41 Å². The zero-order valence-electron chi connectivity index (χ0n) is 9.90. The van der Waals surface area contributed by atoms with Gasteiger partial charge in [-0.15, -0.1) is 11.3 Å². The molecular formula is C13H12FN3S. The highest BCUT2D eigenvalue weighted by Crippen LogP contribution is 2.26. The summed E-state index contributed by atoms with van der Waals surface area (Å²) in [7, 11) is 0. The Morgan fingerprint density at radius 3 is 3.06 bits per heavy atom. The normalized spacial score (nSPS) is 14.1. The van der Waals surface area contributed by atoms with Crippen LogP contribution in [0.5, 0.6) is 0 Å². The summed E-state index contributed by atoms with van der Waals surface area (Å²) in [6, 6.07) is 4.65. The summed E-state index contributed by atoms with van der Waals surface area (Å²) in [4.78, 5) is 7.28. The molecule has 0 saturated carbocycles. The lowest BCUT2D eigenvalue weighted by Gasteiger charge is -2.16. The van der Waals surface area contributed by atoms with Gasteiger partial charge in [-0.1, -0.05) is 6.07 Å². The monoisotopic (exact) mass is 261 g/mol. The van der Waals surface area contributed by atoms with Crippen LogP contribution < -0.4 is 0 Å². The van der Waals surface area contributed by atoms with E-state index in [0.717, 1.165) is 15.4 Å². The first-order valence-corrected chi connectivity index (χ1v) is 6.49. The van der Waals surface area contributed by atoms with Crippen molar-refractivity contribution in [3.8, 4) is 0 Å². The van der Waals surface area contributed by atoms with Gasteiger partial charge < -0.3 is 4.90 Å². The van der Waals surface area contributed by atoms with Crippen molar-refractivity contribution < 1.29 is 4.39 Å². The largest absolute Gasteiger partial charge is 0.347 e. The highest BCUT2D eigenvalue weighted by atomic mass is 32.1. The predicted molar refractivity (Wildman–Crippen MR) is 69.3 cm³/mol. The molecule has 0 radical (unpaired) electrons. The third kappa shape index (κ3) is 1.90. The second-order valence-corrected chi connectivity index (χ2v) is 5.67. The predicted octanol–water partition coefficient (Wildman–Crippen LogP) is 2.93. The highest BCUT2D eigenvalue weighted by molar-refractivity contribution is 7.11. The van der Waals surface area contributed by atoms with Crippen LogP contribution >= 0.6 is 11.3 Å². The molecule has 3 nitrogen and oxygen atoms in total. The Hall–Kier alpha value is -1.75. The maximum Gasteiger partial charge on any atom is 0.129 e. The van der Waals surface area contributed by atoms with Gasteiger partial charge >= 0.3 is 0 Å². The van der Waals surface area contributed by atoms with Crippen LogP contribution in [-0.2, 0) is 13.1 Å². The van der Waals surface area contributed by atoms with Crippen molar-refractivity contribution in [2.45, 2.75) is 20.0 Å². The fourth-order valence-corrected chi connectivity index (χ4v) is 2.97. The maximum atomic E-state index is 13.2. The number of aromatic nitrogens is 1. The molecule has 1 aliphatic rings. The van der Waals surface area contributed by atoms with Crippen LogP contribution in [0.4, 0.5) is 4.39 Å². The number of hydrogen-bond acceptors (Lipinski definition) is 3. The first-order chi connectivity index (χ1) is 8.63. The van der Waals surface area contributed by atoms with Crippen molar-refractivity contribution in [1.82, 2.24) is 9.88 Å². The summed E-state index contributed by atoms with van der Waals surface area (Å²) < 4.78 is 13.2. The Balaban J connectivity index is 1.84. The zero-order valence-corrected chi connectivity index (χ0v) is 10.7. The average Bonchev–Trinajstić information content (AvgIpc) is 2.86. The number of rotatable bonds is 2. The van der Waals surface area contributed by atoms with E-state index < -0.39 is 0 Å². The molecule has 0 saturated heterocycles. The Morgan fingerprint density at radius 2 is 2.33 bits per heavy atom. The van der Waals surface area contributed by atoms with Gasteiger partial charge in [-0.05, 0) is 24.6 Å². The minimum atomic E-state index is -0.283. The van der Waals surface area contributed by atoms with Crippen molar-refractivity contribution >= 4 is 17.2 Å². The molecule has 0 bridgehead atoms. The molecule has 2 aromatic rings. The number of amidine groups is 1. The fourth-order valence-electron chi connectivity index (χ4n) is 2.16. The van der Waals surface area contributed by atoms with Crippen LogP contribution in [-0.4, -0.2) is 15.7 Å². The van der Waals surface area contributed by atoms with Crippen molar-refractivity contribution in [3.05, 3.63) is 51.2 Å². The topological polar surface area (TPSA) is 40.0 Å². The summed E-state index contributed by atoms with van der Waals surface area (Å²) in [6.07, 6.45) is 1.84. The van der Waals surface area contributed by atoms with Crippen molar-refractivity contribution in [2.75, 3.05) is 0 Å². The van der Waals surface area contributed by atoms with Crippen molar-refractivity contribution in [2.24, 2.45) is 0 Å². The van der Waals surface area contributed by atoms with Gasteiger partial charge in [-0.2, -0.15) is 0 Å². The van der Waals surface area contributed by atoms with Crippen LogP contribution in [0.15, 0.2) is 24.4 Å². The minimum absolute atomic E-state index is 0.283. The SMILES string of the molecule is Cc1ncc(CN2Cc3ccc(F)cc3C2=N)s1. The third-order valence-electron chi connectivity index (χ3n) is 3.02. The Labute approximate surface area is 108 Å². The van der Waals surface area contributed by atoms with Crippen LogP contribution in [0, 0.1) is 18.2 Å². The van der Waals surface area contributed by atoms with Crippen LogP contribution in [0.2, 0.25) is 0 Å². The molecule has 0 spiro atoms. The smallest absolute Gasteiger partial charge is 0.129 e. The summed E-state index contributed by atoms with van der Waals surface area (Å²) in [5.74, 6) is 0.115. The van der Waals surface area contributed by atoms with Crippen molar-refractivity contribution in [3.63, 3.8) is 0 Å². The molecule has 1 aliphatic heterocycles. The lowest BCUT2D eigenvalue weighted by Crippen LogP contribution is -2.22. The number of hydrogen-bond donors (Lipinski definition) is 1. The zero-order chi connectivity index (χ0) is 12.7. The molecule has 92 valence electrons. The molecule has 0 aliphatic carbocycles. The Morgan fingerprint density at radius 1 is 1.50 bits per heavy atom. The first kappa shape index (κ1) is 11.3. The van der Waals surface area contributed by atoms with E-state index in [1.54, 1.807) is 17.4 Å². The summed E-state index contributed by atoms with van der Waals surface area (Å²) >= 11 is 1.63. The number of thiazole rings is 1. The quantitative estimate of drug-likeness (QED) is 0.903. The van der Waals surface area contributed by atoms with E-state index in [-0.39, 0.29) is 5.82 Å². The number of nitrogens with one attached hydrogen (secondary N) is 1. The molecule has 0 fully saturated rings. The van der Waals surface area contributed by atoms with E-state index in [4.69, 9.17) is 5.41 Å². The van der Waals surface area contributed by atoms with Gasteiger partial charge in [-0.25, -0.2) is 9.37 Å². The molecule has 0 amide bonds. The number of halogens is 1. The van der Waals surface area contributed by atoms with Crippen molar-refractivity contribution in [1.29, 1.82) is 5.41 Å². The molecule has 3 rings (SSSR count). The van der Waals surface area contributed by atoms with E-state index in [2.05, 4.69) is 4.98 Å². The summed E-state index contributed by atoms with van der Waals surface area (Å²) in [6.45, 7) is 3.31. The number of benzene rings is 1. The van der Waals surface area contributed by atoms with E-state index in [9.17, 15) is 4.39 Å².